The van der Waals surface area contributed by atoms with Crippen molar-refractivity contribution in [2.45, 2.75) is 6.18 Å². The normalized spacial score (nSPS) is 11.6. The number of halogens is 3. The SMILES string of the molecule is FC(F)(F)c1ccnc(NCCNc2nc3ccccc3s2)n1. The van der Waals surface area contributed by atoms with Crippen molar-refractivity contribution in [3.8, 4) is 0 Å². The Balaban J connectivity index is 1.53. The van der Waals surface area contributed by atoms with E-state index in [1.165, 1.54) is 11.3 Å². The second kappa shape index (κ2) is 6.37. The van der Waals surface area contributed by atoms with E-state index in [-0.39, 0.29) is 5.95 Å². The molecule has 0 fully saturated rings. The van der Waals surface area contributed by atoms with E-state index in [1.54, 1.807) is 0 Å². The molecule has 2 N–H and O–H groups in total. The number of aromatic nitrogens is 3. The fourth-order valence-corrected chi connectivity index (χ4v) is 2.78. The molecule has 5 nitrogen and oxygen atoms in total. The van der Waals surface area contributed by atoms with Gasteiger partial charge in [-0.2, -0.15) is 13.2 Å². The molecule has 3 rings (SSSR count). The maximum absolute atomic E-state index is 12.5. The summed E-state index contributed by atoms with van der Waals surface area (Å²) in [5.74, 6) is -0.0501. The van der Waals surface area contributed by atoms with Gasteiger partial charge in [-0.05, 0) is 18.2 Å². The van der Waals surface area contributed by atoms with Crippen LogP contribution in [0.3, 0.4) is 0 Å². The van der Waals surface area contributed by atoms with Crippen molar-refractivity contribution < 1.29 is 13.2 Å². The molecule has 0 aliphatic rings. The van der Waals surface area contributed by atoms with Gasteiger partial charge in [-0.1, -0.05) is 23.5 Å². The average Bonchev–Trinajstić information content (AvgIpc) is 2.94. The second-order valence-electron chi connectivity index (χ2n) is 4.60. The first kappa shape index (κ1) is 15.5. The van der Waals surface area contributed by atoms with Gasteiger partial charge in [-0.25, -0.2) is 15.0 Å². The summed E-state index contributed by atoms with van der Waals surface area (Å²) >= 11 is 1.52. The molecule has 0 amide bonds. The third kappa shape index (κ3) is 3.86. The van der Waals surface area contributed by atoms with Crippen molar-refractivity contribution in [2.75, 3.05) is 23.7 Å². The van der Waals surface area contributed by atoms with E-state index < -0.39 is 11.9 Å². The van der Waals surface area contributed by atoms with E-state index in [0.29, 0.717) is 13.1 Å². The number of thiazole rings is 1. The van der Waals surface area contributed by atoms with E-state index in [2.05, 4.69) is 25.6 Å². The summed E-state index contributed by atoms with van der Waals surface area (Å²) in [5, 5.41) is 6.63. The molecule has 3 aromatic rings. The molecule has 0 spiro atoms. The molecule has 120 valence electrons. The fourth-order valence-electron chi connectivity index (χ4n) is 1.89. The van der Waals surface area contributed by atoms with Gasteiger partial charge >= 0.3 is 6.18 Å². The zero-order chi connectivity index (χ0) is 16.3. The van der Waals surface area contributed by atoms with Gasteiger partial charge in [0, 0.05) is 19.3 Å². The monoisotopic (exact) mass is 339 g/mol. The minimum absolute atomic E-state index is 0.0501. The summed E-state index contributed by atoms with van der Waals surface area (Å²) < 4.78 is 38.7. The van der Waals surface area contributed by atoms with Crippen LogP contribution < -0.4 is 10.6 Å². The van der Waals surface area contributed by atoms with Crippen LogP contribution in [0.5, 0.6) is 0 Å². The highest BCUT2D eigenvalue weighted by Crippen LogP contribution is 2.27. The molecular formula is C14H12F3N5S. The molecule has 2 aromatic heterocycles. The zero-order valence-electron chi connectivity index (χ0n) is 11.8. The van der Waals surface area contributed by atoms with Crippen LogP contribution in [0.15, 0.2) is 36.5 Å². The minimum atomic E-state index is -4.47. The highest BCUT2D eigenvalue weighted by Gasteiger charge is 2.32. The van der Waals surface area contributed by atoms with Gasteiger partial charge < -0.3 is 10.6 Å². The Morgan fingerprint density at radius 1 is 1.00 bits per heavy atom. The Morgan fingerprint density at radius 3 is 2.57 bits per heavy atom. The highest BCUT2D eigenvalue weighted by atomic mass is 32.1. The Hall–Kier alpha value is -2.42. The van der Waals surface area contributed by atoms with Crippen molar-refractivity contribution in [1.82, 2.24) is 15.0 Å². The smallest absolute Gasteiger partial charge is 0.360 e. The maximum Gasteiger partial charge on any atom is 0.433 e. The van der Waals surface area contributed by atoms with Crippen molar-refractivity contribution in [2.24, 2.45) is 0 Å². The average molecular weight is 339 g/mol. The molecule has 0 bridgehead atoms. The lowest BCUT2D eigenvalue weighted by molar-refractivity contribution is -0.141. The Morgan fingerprint density at radius 2 is 1.78 bits per heavy atom. The summed E-state index contributed by atoms with van der Waals surface area (Å²) in [6.45, 7) is 0.858. The Bertz CT molecular complexity index is 769. The van der Waals surface area contributed by atoms with Crippen LogP contribution in [0.2, 0.25) is 0 Å². The summed E-state index contributed by atoms with van der Waals surface area (Å²) in [6, 6.07) is 8.60. The van der Waals surface area contributed by atoms with Crippen molar-refractivity contribution in [1.29, 1.82) is 0 Å². The van der Waals surface area contributed by atoms with Crippen LogP contribution in [-0.2, 0) is 6.18 Å². The zero-order valence-corrected chi connectivity index (χ0v) is 12.6. The molecule has 23 heavy (non-hydrogen) atoms. The third-order valence-electron chi connectivity index (χ3n) is 2.92. The summed E-state index contributed by atoms with van der Waals surface area (Å²) in [5.41, 5.74) is -0.0525. The number of anilines is 2. The van der Waals surface area contributed by atoms with Crippen molar-refractivity contribution in [3.05, 3.63) is 42.2 Å². The lowest BCUT2D eigenvalue weighted by Gasteiger charge is -2.08. The number of para-hydroxylation sites is 1. The fraction of sp³-hybridized carbons (Fsp3) is 0.214. The van der Waals surface area contributed by atoms with Gasteiger partial charge in [-0.3, -0.25) is 0 Å². The number of benzene rings is 1. The number of fused-ring (bicyclic) bond motifs is 1. The first-order chi connectivity index (χ1) is 11.0. The standard InChI is InChI=1S/C14H12F3N5S/c15-14(16,17)11-5-6-18-12(22-11)19-7-8-20-13-21-9-3-1-2-4-10(9)23-13/h1-6H,7-8H2,(H,20,21)(H,18,19,22). The van der Waals surface area contributed by atoms with Gasteiger partial charge in [0.2, 0.25) is 5.95 Å². The number of nitrogens with zero attached hydrogens (tertiary/aromatic N) is 3. The molecule has 0 radical (unpaired) electrons. The van der Waals surface area contributed by atoms with Crippen LogP contribution in [-0.4, -0.2) is 28.0 Å². The van der Waals surface area contributed by atoms with E-state index in [9.17, 15) is 13.2 Å². The number of nitrogens with one attached hydrogen (secondary N) is 2. The summed E-state index contributed by atoms with van der Waals surface area (Å²) in [6.07, 6.45) is -3.39. The number of alkyl halides is 3. The first-order valence-corrected chi connectivity index (χ1v) is 7.57. The van der Waals surface area contributed by atoms with Gasteiger partial charge in [0.05, 0.1) is 10.2 Å². The summed E-state index contributed by atoms with van der Waals surface area (Å²) in [7, 11) is 0. The predicted octanol–water partition coefficient (Wildman–Crippen LogP) is 3.63. The van der Waals surface area contributed by atoms with E-state index in [1.807, 2.05) is 24.3 Å². The Kier molecular flexibility index (Phi) is 4.28. The van der Waals surface area contributed by atoms with Crippen LogP contribution >= 0.6 is 11.3 Å². The largest absolute Gasteiger partial charge is 0.433 e. The Labute approximate surface area is 133 Å². The molecular weight excluding hydrogens is 327 g/mol. The summed E-state index contributed by atoms with van der Waals surface area (Å²) in [4.78, 5) is 11.6. The quantitative estimate of drug-likeness (QED) is 0.695. The van der Waals surface area contributed by atoms with Gasteiger partial charge in [-0.15, -0.1) is 0 Å². The number of hydrogen-bond donors (Lipinski definition) is 2. The van der Waals surface area contributed by atoms with Crippen molar-refractivity contribution in [3.63, 3.8) is 0 Å². The molecule has 0 aliphatic heterocycles. The minimum Gasteiger partial charge on any atom is -0.360 e. The number of rotatable bonds is 5. The molecule has 0 saturated heterocycles. The molecule has 0 unspecified atom stereocenters. The van der Waals surface area contributed by atoms with Gasteiger partial charge in [0.15, 0.2) is 5.13 Å². The van der Waals surface area contributed by atoms with Crippen LogP contribution in [0.4, 0.5) is 24.3 Å². The van der Waals surface area contributed by atoms with Crippen molar-refractivity contribution >= 4 is 32.6 Å². The molecule has 0 atom stereocenters. The molecule has 2 heterocycles. The van der Waals surface area contributed by atoms with E-state index >= 15 is 0 Å². The van der Waals surface area contributed by atoms with Crippen LogP contribution in [0.25, 0.3) is 10.2 Å². The van der Waals surface area contributed by atoms with Crippen LogP contribution in [0.1, 0.15) is 5.69 Å². The van der Waals surface area contributed by atoms with E-state index in [0.717, 1.165) is 27.6 Å². The van der Waals surface area contributed by atoms with E-state index in [4.69, 9.17) is 0 Å². The molecule has 1 aromatic carbocycles. The third-order valence-corrected chi connectivity index (χ3v) is 3.92. The van der Waals surface area contributed by atoms with Crippen LogP contribution in [0, 0.1) is 0 Å². The molecule has 0 aliphatic carbocycles. The molecule has 0 saturated carbocycles. The highest BCUT2D eigenvalue weighted by molar-refractivity contribution is 7.22. The van der Waals surface area contributed by atoms with Gasteiger partial charge in [0.1, 0.15) is 5.69 Å². The predicted molar refractivity (Wildman–Crippen MR) is 83.6 cm³/mol. The second-order valence-corrected chi connectivity index (χ2v) is 5.63. The topological polar surface area (TPSA) is 62.7 Å². The first-order valence-electron chi connectivity index (χ1n) is 6.76. The lowest BCUT2D eigenvalue weighted by atomic mass is 10.3. The molecule has 9 heteroatoms. The number of hydrogen-bond acceptors (Lipinski definition) is 6. The maximum atomic E-state index is 12.5. The lowest BCUT2D eigenvalue weighted by Crippen LogP contribution is -2.16. The van der Waals surface area contributed by atoms with Gasteiger partial charge in [0.25, 0.3) is 0 Å².